The first-order valence-electron chi connectivity index (χ1n) is 13.3. The summed E-state index contributed by atoms with van der Waals surface area (Å²) in [6, 6.07) is 2.43. The van der Waals surface area contributed by atoms with Gasteiger partial charge in [-0.3, -0.25) is 4.79 Å². The highest BCUT2D eigenvalue weighted by Crippen LogP contribution is 2.39. The Morgan fingerprint density at radius 3 is 2.25 bits per heavy atom. The minimum Gasteiger partial charge on any atom is -0.444 e. The summed E-state index contributed by atoms with van der Waals surface area (Å²) in [5, 5.41) is 20.5. The Labute approximate surface area is 246 Å². The molecule has 2 amide bonds. The van der Waals surface area contributed by atoms with Crippen LogP contribution in [0.1, 0.15) is 62.1 Å². The van der Waals surface area contributed by atoms with Crippen LogP contribution in [0.4, 0.5) is 35.5 Å². The number of rotatable bonds is 7. The maximum atomic E-state index is 14.5. The van der Waals surface area contributed by atoms with Crippen LogP contribution >= 0.6 is 0 Å². The molecule has 0 bridgehead atoms. The van der Waals surface area contributed by atoms with E-state index in [1.807, 2.05) is 0 Å². The molecule has 0 saturated carbocycles. The van der Waals surface area contributed by atoms with Crippen LogP contribution in [0, 0.1) is 23.3 Å². The molecular weight excluding hydrogens is 603 g/mol. The van der Waals surface area contributed by atoms with Crippen molar-refractivity contribution >= 4 is 12.0 Å². The molecule has 0 aliphatic carbocycles. The minimum absolute atomic E-state index is 0.0477. The number of carbonyl (C=O) groups is 2. The van der Waals surface area contributed by atoms with E-state index in [0.717, 1.165) is 17.0 Å². The first-order chi connectivity index (χ1) is 20.4. The predicted octanol–water partition coefficient (Wildman–Crippen LogP) is 5.00. The molecule has 238 valence electrons. The van der Waals surface area contributed by atoms with Crippen molar-refractivity contribution in [2.75, 3.05) is 6.54 Å². The number of hydrogen-bond donors (Lipinski definition) is 2. The van der Waals surface area contributed by atoms with Crippen LogP contribution in [0.2, 0.25) is 0 Å². The number of amides is 2. The van der Waals surface area contributed by atoms with Crippen molar-refractivity contribution in [3.05, 3.63) is 82.4 Å². The lowest BCUT2D eigenvalue weighted by Gasteiger charge is -2.39. The van der Waals surface area contributed by atoms with Gasteiger partial charge in [-0.25, -0.2) is 22.4 Å². The summed E-state index contributed by atoms with van der Waals surface area (Å²) in [4.78, 5) is 27.3. The van der Waals surface area contributed by atoms with Crippen LogP contribution in [0.3, 0.4) is 0 Å². The average Bonchev–Trinajstić information content (AvgIpc) is 3.35. The molecule has 0 radical (unpaired) electrons. The quantitative estimate of drug-likeness (QED) is 0.281. The van der Waals surface area contributed by atoms with Gasteiger partial charge in [0, 0.05) is 31.6 Å². The van der Waals surface area contributed by atoms with Gasteiger partial charge in [0.2, 0.25) is 11.7 Å². The molecule has 9 nitrogen and oxygen atoms in total. The molecule has 4 rings (SSSR count). The summed E-state index contributed by atoms with van der Waals surface area (Å²) in [6.45, 7) is 3.87. The zero-order valence-electron chi connectivity index (χ0n) is 23.6. The maximum absolute atomic E-state index is 14.5. The van der Waals surface area contributed by atoms with E-state index in [9.17, 15) is 45.4 Å². The minimum atomic E-state index is -4.90. The van der Waals surface area contributed by atoms with E-state index < -0.39 is 96.3 Å². The summed E-state index contributed by atoms with van der Waals surface area (Å²) in [6.07, 6.45) is -8.77. The highest BCUT2D eigenvalue weighted by atomic mass is 19.4. The number of nitrogens with one attached hydrogen (secondary N) is 1. The number of halogens is 7. The van der Waals surface area contributed by atoms with Gasteiger partial charge in [-0.2, -0.15) is 13.2 Å². The standard InChI is InChI=1S/C28H28F7N5O4/c1-27(2,3)44-26(43)36-17(10-15-11-19(31)20(32)13-18(15)30)12-21(41)39-8-9-40-24(37-38-25(40)28(33,34)35)22(39)23(42)14-4-6-16(29)7-5-14/h4-7,11,13,17,22-23,42H,8-10,12H2,1-3H3,(H,36,43)/t17-,22+,23-/m1/s1. The SMILES string of the molecule is CC(C)(C)OC(=O)N[C@@H](CC(=O)N1CCn2c(nnc2C(F)(F)F)[C@@H]1[C@H](O)c1ccc(F)cc1)Cc1cc(F)c(F)cc1F. The summed E-state index contributed by atoms with van der Waals surface area (Å²) < 4.78 is 102. The van der Waals surface area contributed by atoms with Crippen LogP contribution in [0.25, 0.3) is 0 Å². The summed E-state index contributed by atoms with van der Waals surface area (Å²) in [5.41, 5.74) is -1.32. The number of aliphatic hydroxyl groups is 1. The van der Waals surface area contributed by atoms with Gasteiger partial charge in [0.1, 0.15) is 29.4 Å². The third kappa shape index (κ3) is 7.46. The van der Waals surface area contributed by atoms with Crippen molar-refractivity contribution in [3.63, 3.8) is 0 Å². The Morgan fingerprint density at radius 2 is 1.64 bits per heavy atom. The number of ether oxygens (including phenoxy) is 1. The molecule has 0 spiro atoms. The lowest BCUT2D eigenvalue weighted by molar-refractivity contribution is -0.149. The molecule has 2 N–H and O–H groups in total. The third-order valence-electron chi connectivity index (χ3n) is 6.73. The number of aromatic nitrogens is 3. The average molecular weight is 632 g/mol. The van der Waals surface area contributed by atoms with Crippen LogP contribution in [-0.2, 0) is 28.7 Å². The molecule has 3 aromatic rings. The number of alkyl carbamates (subject to hydrolysis) is 1. The number of nitrogens with zero attached hydrogens (tertiary/aromatic N) is 4. The Kier molecular flexibility index (Phi) is 9.23. The number of benzene rings is 2. The summed E-state index contributed by atoms with van der Waals surface area (Å²) in [5.74, 6) is -7.22. The van der Waals surface area contributed by atoms with E-state index in [1.165, 1.54) is 12.1 Å². The van der Waals surface area contributed by atoms with E-state index >= 15 is 0 Å². The van der Waals surface area contributed by atoms with Crippen molar-refractivity contribution < 1.29 is 50.2 Å². The van der Waals surface area contributed by atoms with Gasteiger partial charge in [0.25, 0.3) is 0 Å². The number of alkyl halides is 3. The second kappa shape index (κ2) is 12.4. The van der Waals surface area contributed by atoms with E-state index in [1.54, 1.807) is 20.8 Å². The van der Waals surface area contributed by atoms with Gasteiger partial charge in [0.05, 0.1) is 0 Å². The fourth-order valence-corrected chi connectivity index (χ4v) is 4.85. The zero-order valence-corrected chi connectivity index (χ0v) is 23.6. The summed E-state index contributed by atoms with van der Waals surface area (Å²) in [7, 11) is 0. The van der Waals surface area contributed by atoms with Crippen LogP contribution in [0.5, 0.6) is 0 Å². The smallest absolute Gasteiger partial charge is 0.444 e. The molecule has 1 aliphatic heterocycles. The van der Waals surface area contributed by atoms with Crippen LogP contribution in [-0.4, -0.2) is 55.0 Å². The lowest BCUT2D eigenvalue weighted by Crippen LogP contribution is -2.48. The largest absolute Gasteiger partial charge is 0.451 e. The Hall–Kier alpha value is -4.21. The van der Waals surface area contributed by atoms with Gasteiger partial charge >= 0.3 is 12.3 Å². The van der Waals surface area contributed by atoms with Crippen molar-refractivity contribution in [1.29, 1.82) is 0 Å². The van der Waals surface area contributed by atoms with E-state index in [-0.39, 0.29) is 17.7 Å². The Balaban J connectivity index is 1.69. The van der Waals surface area contributed by atoms with Crippen LogP contribution in [0.15, 0.2) is 36.4 Å². The van der Waals surface area contributed by atoms with Gasteiger partial charge in [-0.05, 0) is 56.5 Å². The zero-order chi connectivity index (χ0) is 32.6. The predicted molar refractivity (Wildman–Crippen MR) is 139 cm³/mol. The topological polar surface area (TPSA) is 110 Å². The molecule has 0 fully saturated rings. The molecule has 3 atom stereocenters. The first kappa shape index (κ1) is 32.7. The molecule has 16 heteroatoms. The molecule has 2 aromatic carbocycles. The third-order valence-corrected chi connectivity index (χ3v) is 6.73. The number of aliphatic hydroxyl groups excluding tert-OH is 1. The highest BCUT2D eigenvalue weighted by Gasteiger charge is 2.45. The molecule has 0 saturated heterocycles. The maximum Gasteiger partial charge on any atom is 0.451 e. The first-order valence-corrected chi connectivity index (χ1v) is 13.3. The number of carbonyl (C=O) groups excluding carboxylic acids is 2. The summed E-state index contributed by atoms with van der Waals surface area (Å²) >= 11 is 0. The molecule has 44 heavy (non-hydrogen) atoms. The van der Waals surface area contributed by atoms with E-state index in [2.05, 4.69) is 15.5 Å². The number of hydrogen-bond acceptors (Lipinski definition) is 6. The van der Waals surface area contributed by atoms with Gasteiger partial charge < -0.3 is 24.6 Å². The van der Waals surface area contributed by atoms with Gasteiger partial charge in [0.15, 0.2) is 17.5 Å². The van der Waals surface area contributed by atoms with Crippen LogP contribution < -0.4 is 5.32 Å². The Morgan fingerprint density at radius 1 is 1.00 bits per heavy atom. The normalized spacial score (nSPS) is 16.7. The highest BCUT2D eigenvalue weighted by molar-refractivity contribution is 5.78. The fraction of sp³-hybridized carbons (Fsp3) is 0.429. The van der Waals surface area contributed by atoms with Gasteiger partial charge in [-0.15, -0.1) is 10.2 Å². The van der Waals surface area contributed by atoms with Crippen molar-refractivity contribution in [2.45, 2.75) is 70.1 Å². The van der Waals surface area contributed by atoms with E-state index in [0.29, 0.717) is 16.7 Å². The molecule has 1 aliphatic rings. The van der Waals surface area contributed by atoms with Gasteiger partial charge in [-0.1, -0.05) is 12.1 Å². The monoisotopic (exact) mass is 631 g/mol. The van der Waals surface area contributed by atoms with Crippen molar-refractivity contribution in [2.24, 2.45) is 0 Å². The molecular formula is C28H28F7N5O4. The van der Waals surface area contributed by atoms with Crippen molar-refractivity contribution in [1.82, 2.24) is 25.0 Å². The fourth-order valence-electron chi connectivity index (χ4n) is 4.85. The van der Waals surface area contributed by atoms with Crippen molar-refractivity contribution in [3.8, 4) is 0 Å². The molecule has 0 unspecified atom stereocenters. The lowest BCUT2D eigenvalue weighted by atomic mass is 9.96. The number of fused-ring (bicyclic) bond motifs is 1. The second-order valence-electron chi connectivity index (χ2n) is 11.2. The Bertz CT molecular complexity index is 1520. The molecule has 1 aromatic heterocycles. The van der Waals surface area contributed by atoms with E-state index in [4.69, 9.17) is 4.74 Å². The second-order valence-corrected chi connectivity index (χ2v) is 11.2. The molecule has 2 heterocycles.